The van der Waals surface area contributed by atoms with Crippen LogP contribution in [0, 0.1) is 0 Å². The van der Waals surface area contributed by atoms with Crippen molar-refractivity contribution in [2.24, 2.45) is 0 Å². The van der Waals surface area contributed by atoms with E-state index in [0.717, 1.165) is 6.61 Å². The lowest BCUT2D eigenvalue weighted by Crippen LogP contribution is -2.43. The molecule has 0 N–H and O–H groups in total. The van der Waals surface area contributed by atoms with E-state index < -0.39 is 8.32 Å². The first-order valence-corrected chi connectivity index (χ1v) is 10.6. The molecule has 0 unspecified atom stereocenters. The molecule has 1 fully saturated rings. The minimum absolute atomic E-state index is 0.615. The van der Waals surface area contributed by atoms with E-state index in [1.165, 1.54) is 24.0 Å². The van der Waals surface area contributed by atoms with Gasteiger partial charge in [0.2, 0.25) is 8.32 Å². The molecule has 110 valence electrons. The molecule has 0 radical (unpaired) electrons. The number of benzene rings is 2. The first-order chi connectivity index (χ1) is 10.3. The Balaban J connectivity index is 1.97. The Morgan fingerprint density at radius 3 is 1.67 bits per heavy atom. The second-order valence-electron chi connectivity index (χ2n) is 6.12. The van der Waals surface area contributed by atoms with Crippen molar-refractivity contribution in [1.82, 2.24) is 0 Å². The summed E-state index contributed by atoms with van der Waals surface area (Å²) in [7, 11) is -1.83. The summed E-state index contributed by atoms with van der Waals surface area (Å²) in [5.74, 6) is 0. The Labute approximate surface area is 129 Å². The third-order valence-corrected chi connectivity index (χ3v) is 9.91. The summed E-state index contributed by atoms with van der Waals surface area (Å²) in [6.07, 6.45) is 2.51. The van der Waals surface area contributed by atoms with Gasteiger partial charge in [-0.05, 0) is 37.4 Å². The first kappa shape index (κ1) is 14.5. The Bertz CT molecular complexity index is 519. The van der Waals surface area contributed by atoms with Gasteiger partial charge in [-0.15, -0.1) is 0 Å². The topological polar surface area (TPSA) is 9.23 Å². The van der Waals surface area contributed by atoms with Gasteiger partial charge in [-0.3, -0.25) is 0 Å². The van der Waals surface area contributed by atoms with Gasteiger partial charge in [0.15, 0.2) is 0 Å². The van der Waals surface area contributed by atoms with Crippen LogP contribution in [0.25, 0.3) is 0 Å². The number of hydrogen-bond acceptors (Lipinski definition) is 1. The fraction of sp³-hybridized carbons (Fsp3) is 0.368. The fourth-order valence-electron chi connectivity index (χ4n) is 4.03. The number of rotatable bonds is 4. The van der Waals surface area contributed by atoms with Crippen molar-refractivity contribution in [1.29, 1.82) is 0 Å². The highest BCUT2D eigenvalue weighted by molar-refractivity contribution is 6.76. The lowest BCUT2D eigenvalue weighted by atomic mass is 10.0. The minimum atomic E-state index is -1.83. The highest BCUT2D eigenvalue weighted by Crippen LogP contribution is 2.50. The van der Waals surface area contributed by atoms with E-state index in [2.05, 4.69) is 74.1 Å². The summed E-state index contributed by atoms with van der Waals surface area (Å²) in [4.78, 5) is 0. The van der Waals surface area contributed by atoms with E-state index in [0.29, 0.717) is 11.1 Å². The molecule has 21 heavy (non-hydrogen) atoms. The molecule has 0 spiro atoms. The monoisotopic (exact) mass is 296 g/mol. The summed E-state index contributed by atoms with van der Waals surface area (Å²) >= 11 is 0. The van der Waals surface area contributed by atoms with Crippen LogP contribution in [0.15, 0.2) is 60.7 Å². The zero-order chi connectivity index (χ0) is 14.7. The molecule has 2 atom stereocenters. The lowest BCUT2D eigenvalue weighted by molar-refractivity contribution is 0.315. The van der Waals surface area contributed by atoms with Gasteiger partial charge in [0, 0.05) is 17.7 Å². The van der Waals surface area contributed by atoms with Crippen LogP contribution in [0.4, 0.5) is 0 Å². The molecule has 2 heteroatoms. The van der Waals surface area contributed by atoms with Crippen LogP contribution in [-0.4, -0.2) is 14.9 Å². The molecule has 2 aromatic carbocycles. The van der Waals surface area contributed by atoms with E-state index in [4.69, 9.17) is 4.43 Å². The molecule has 0 saturated carbocycles. The maximum absolute atomic E-state index is 6.46. The predicted octanol–water partition coefficient (Wildman–Crippen LogP) is 5.04. The van der Waals surface area contributed by atoms with E-state index in [9.17, 15) is 0 Å². The molecule has 1 heterocycles. The quantitative estimate of drug-likeness (QED) is 0.718. The molecule has 1 aliphatic heterocycles. The largest absolute Gasteiger partial charge is 0.416 e. The average molecular weight is 296 g/mol. The van der Waals surface area contributed by atoms with Crippen LogP contribution in [0.1, 0.15) is 42.0 Å². The maximum Gasteiger partial charge on any atom is 0.204 e. The first-order valence-electron chi connectivity index (χ1n) is 7.99. The summed E-state index contributed by atoms with van der Waals surface area (Å²) in [6.45, 7) is 5.41. The summed E-state index contributed by atoms with van der Waals surface area (Å²) < 4.78 is 6.46. The summed E-state index contributed by atoms with van der Waals surface area (Å²) in [5, 5.41) is 0. The van der Waals surface area contributed by atoms with Gasteiger partial charge in [-0.2, -0.15) is 0 Å². The van der Waals surface area contributed by atoms with Gasteiger partial charge < -0.3 is 4.43 Å². The summed E-state index contributed by atoms with van der Waals surface area (Å²) in [5.41, 5.74) is 4.17. The van der Waals surface area contributed by atoms with E-state index in [1.807, 2.05) is 0 Å². The van der Waals surface area contributed by atoms with Gasteiger partial charge in [-0.1, -0.05) is 60.7 Å². The molecule has 0 bridgehead atoms. The maximum atomic E-state index is 6.46. The second-order valence-corrected chi connectivity index (χ2v) is 10.2. The van der Waals surface area contributed by atoms with Crippen molar-refractivity contribution < 1.29 is 4.43 Å². The zero-order valence-corrected chi connectivity index (χ0v) is 14.0. The van der Waals surface area contributed by atoms with Crippen LogP contribution in [0.3, 0.4) is 0 Å². The third-order valence-electron chi connectivity index (χ3n) is 4.99. The molecule has 0 aliphatic carbocycles. The SMILES string of the molecule is CCO[Si]1(C)[C@@H](c2ccccc2)CC[C@@H]1c1ccccc1. The Hall–Kier alpha value is -1.38. The van der Waals surface area contributed by atoms with E-state index in [-0.39, 0.29) is 0 Å². The molecule has 2 aromatic rings. The zero-order valence-electron chi connectivity index (χ0n) is 13.0. The van der Waals surface area contributed by atoms with Crippen LogP contribution >= 0.6 is 0 Å². The van der Waals surface area contributed by atoms with Gasteiger partial charge in [0.1, 0.15) is 0 Å². The van der Waals surface area contributed by atoms with Gasteiger partial charge in [0.25, 0.3) is 0 Å². The van der Waals surface area contributed by atoms with Crippen LogP contribution in [0.2, 0.25) is 6.55 Å². The van der Waals surface area contributed by atoms with Crippen molar-refractivity contribution in [2.45, 2.75) is 37.4 Å². The molecular weight excluding hydrogens is 272 g/mol. The van der Waals surface area contributed by atoms with E-state index in [1.54, 1.807) is 0 Å². The van der Waals surface area contributed by atoms with Gasteiger partial charge >= 0.3 is 0 Å². The van der Waals surface area contributed by atoms with Crippen LogP contribution in [0.5, 0.6) is 0 Å². The Morgan fingerprint density at radius 1 is 0.857 bits per heavy atom. The molecule has 3 rings (SSSR count). The van der Waals surface area contributed by atoms with E-state index >= 15 is 0 Å². The van der Waals surface area contributed by atoms with Crippen molar-refractivity contribution in [3.63, 3.8) is 0 Å². The minimum Gasteiger partial charge on any atom is -0.416 e. The van der Waals surface area contributed by atoms with Gasteiger partial charge in [0.05, 0.1) is 0 Å². The number of hydrogen-bond donors (Lipinski definition) is 0. The van der Waals surface area contributed by atoms with Crippen molar-refractivity contribution >= 4 is 8.32 Å². The van der Waals surface area contributed by atoms with Crippen molar-refractivity contribution in [3.8, 4) is 0 Å². The molecule has 1 nitrogen and oxygen atoms in total. The van der Waals surface area contributed by atoms with Crippen molar-refractivity contribution in [2.75, 3.05) is 6.61 Å². The lowest BCUT2D eigenvalue weighted by Gasteiger charge is -2.34. The fourth-order valence-corrected chi connectivity index (χ4v) is 8.73. The van der Waals surface area contributed by atoms with Gasteiger partial charge in [-0.25, -0.2) is 0 Å². The average Bonchev–Trinajstić information content (AvgIpc) is 2.86. The molecule has 1 saturated heterocycles. The Morgan fingerprint density at radius 2 is 1.29 bits per heavy atom. The highest BCUT2D eigenvalue weighted by atomic mass is 28.4. The molecular formula is C19H24OSi. The van der Waals surface area contributed by atoms with Crippen LogP contribution < -0.4 is 0 Å². The smallest absolute Gasteiger partial charge is 0.204 e. The van der Waals surface area contributed by atoms with Crippen LogP contribution in [-0.2, 0) is 4.43 Å². The Kier molecular flexibility index (Phi) is 4.27. The summed E-state index contributed by atoms with van der Waals surface area (Å²) in [6, 6.07) is 22.0. The molecule has 0 aromatic heterocycles. The normalized spacial score (nSPS) is 24.1. The molecule has 1 aliphatic rings. The second kappa shape index (κ2) is 6.16. The predicted molar refractivity (Wildman–Crippen MR) is 90.8 cm³/mol. The highest BCUT2D eigenvalue weighted by Gasteiger charge is 2.51. The third kappa shape index (κ3) is 2.70. The molecule has 0 amide bonds. The van der Waals surface area contributed by atoms with Crippen molar-refractivity contribution in [3.05, 3.63) is 71.8 Å². The standard InChI is InChI=1S/C19H24OSi/c1-3-20-21(2)18(16-10-6-4-7-11-16)14-15-19(21)17-12-8-5-9-13-17/h4-13,18-19H,3,14-15H2,1-2H3/t18-,19-/m1/s1.